The van der Waals surface area contributed by atoms with Crippen molar-refractivity contribution in [1.82, 2.24) is 4.90 Å². The smallest absolute Gasteiger partial charge is 0.310 e. The van der Waals surface area contributed by atoms with Gasteiger partial charge in [-0.1, -0.05) is 6.92 Å². The van der Waals surface area contributed by atoms with E-state index in [1.165, 1.54) is 0 Å². The number of ether oxygens (including phenoxy) is 1. The van der Waals surface area contributed by atoms with Gasteiger partial charge in [-0.15, -0.1) is 0 Å². The van der Waals surface area contributed by atoms with Crippen LogP contribution in [0, 0.1) is 5.41 Å². The van der Waals surface area contributed by atoms with Crippen molar-refractivity contribution in [2.75, 3.05) is 33.4 Å². The van der Waals surface area contributed by atoms with Crippen molar-refractivity contribution in [3.8, 4) is 0 Å². The summed E-state index contributed by atoms with van der Waals surface area (Å²) in [5, 5.41) is 9.20. The Balaban J connectivity index is 2.39. The van der Waals surface area contributed by atoms with Crippen molar-refractivity contribution in [3.05, 3.63) is 0 Å². The molecule has 1 N–H and O–H groups in total. The summed E-state index contributed by atoms with van der Waals surface area (Å²) in [5.74, 6) is -0.640. The Bertz CT molecular complexity index is 220. The summed E-state index contributed by atoms with van der Waals surface area (Å²) in [7, 11) is 1.69. The second-order valence-corrected chi connectivity index (χ2v) is 4.31. The minimum atomic E-state index is -0.640. The predicted molar refractivity (Wildman–Crippen MR) is 57.9 cm³/mol. The summed E-state index contributed by atoms with van der Waals surface area (Å²) in [4.78, 5) is 13.4. The molecule has 0 radical (unpaired) electrons. The molecule has 88 valence electrons. The SMILES string of the molecule is CCC1(C(=O)O)CCN(CCCOC)C1. The first-order valence-corrected chi connectivity index (χ1v) is 5.59. The minimum absolute atomic E-state index is 0.493. The van der Waals surface area contributed by atoms with E-state index in [-0.39, 0.29) is 0 Å². The molecule has 1 heterocycles. The van der Waals surface area contributed by atoms with Crippen LogP contribution in [0.2, 0.25) is 0 Å². The maximum absolute atomic E-state index is 11.2. The fourth-order valence-corrected chi connectivity index (χ4v) is 2.20. The van der Waals surface area contributed by atoms with Crippen LogP contribution in [0.15, 0.2) is 0 Å². The third-order valence-corrected chi connectivity index (χ3v) is 3.39. The van der Waals surface area contributed by atoms with Crippen LogP contribution in [0.25, 0.3) is 0 Å². The molecule has 4 nitrogen and oxygen atoms in total. The molecular weight excluding hydrogens is 194 g/mol. The molecule has 1 fully saturated rings. The van der Waals surface area contributed by atoms with Crippen LogP contribution in [0.4, 0.5) is 0 Å². The summed E-state index contributed by atoms with van der Waals surface area (Å²) in [6.07, 6.45) is 2.49. The molecular formula is C11H21NO3. The number of carbonyl (C=O) groups is 1. The molecule has 0 aromatic rings. The number of carboxylic acid groups (broad SMARTS) is 1. The summed E-state index contributed by atoms with van der Waals surface area (Å²) in [5.41, 5.74) is -0.493. The number of hydrogen-bond acceptors (Lipinski definition) is 3. The number of aliphatic carboxylic acids is 1. The molecule has 0 bridgehead atoms. The highest BCUT2D eigenvalue weighted by Gasteiger charge is 2.42. The van der Waals surface area contributed by atoms with Crippen molar-refractivity contribution in [2.24, 2.45) is 5.41 Å². The van der Waals surface area contributed by atoms with Gasteiger partial charge in [0, 0.05) is 26.8 Å². The molecule has 0 aromatic carbocycles. The average molecular weight is 215 g/mol. The number of methoxy groups -OCH3 is 1. The van der Waals surface area contributed by atoms with E-state index in [1.54, 1.807) is 7.11 Å². The maximum atomic E-state index is 11.2. The number of likely N-dealkylation sites (tertiary alicyclic amines) is 1. The highest BCUT2D eigenvalue weighted by Crippen LogP contribution is 2.33. The van der Waals surface area contributed by atoms with Crippen LogP contribution in [0.3, 0.4) is 0 Å². The second kappa shape index (κ2) is 5.47. The summed E-state index contributed by atoms with van der Waals surface area (Å²) >= 11 is 0. The zero-order chi connectivity index (χ0) is 11.3. The maximum Gasteiger partial charge on any atom is 0.310 e. The Morgan fingerprint density at radius 2 is 2.33 bits per heavy atom. The topological polar surface area (TPSA) is 49.8 Å². The monoisotopic (exact) mass is 215 g/mol. The Morgan fingerprint density at radius 1 is 1.60 bits per heavy atom. The van der Waals surface area contributed by atoms with E-state index >= 15 is 0 Å². The van der Waals surface area contributed by atoms with Gasteiger partial charge in [0.15, 0.2) is 0 Å². The van der Waals surface area contributed by atoms with Crippen LogP contribution in [0.1, 0.15) is 26.2 Å². The van der Waals surface area contributed by atoms with Crippen LogP contribution in [0.5, 0.6) is 0 Å². The molecule has 4 heteroatoms. The van der Waals surface area contributed by atoms with Crippen molar-refractivity contribution in [2.45, 2.75) is 26.2 Å². The standard InChI is InChI=1S/C11H21NO3/c1-3-11(10(13)14)5-7-12(9-11)6-4-8-15-2/h3-9H2,1-2H3,(H,13,14). The van der Waals surface area contributed by atoms with Crippen molar-refractivity contribution < 1.29 is 14.6 Å². The van der Waals surface area contributed by atoms with Gasteiger partial charge >= 0.3 is 5.97 Å². The molecule has 1 aliphatic rings. The lowest BCUT2D eigenvalue weighted by Gasteiger charge is -2.23. The molecule has 0 aromatic heterocycles. The van der Waals surface area contributed by atoms with Gasteiger partial charge in [0.05, 0.1) is 5.41 Å². The lowest BCUT2D eigenvalue weighted by molar-refractivity contribution is -0.148. The lowest BCUT2D eigenvalue weighted by atomic mass is 9.84. The van der Waals surface area contributed by atoms with E-state index in [4.69, 9.17) is 4.74 Å². The normalized spacial score (nSPS) is 27.1. The van der Waals surface area contributed by atoms with E-state index in [1.807, 2.05) is 6.92 Å². The van der Waals surface area contributed by atoms with E-state index in [9.17, 15) is 9.90 Å². The average Bonchev–Trinajstić information content (AvgIpc) is 2.63. The van der Waals surface area contributed by atoms with Crippen molar-refractivity contribution in [1.29, 1.82) is 0 Å². The lowest BCUT2D eigenvalue weighted by Crippen LogP contribution is -2.34. The fraction of sp³-hybridized carbons (Fsp3) is 0.909. The van der Waals surface area contributed by atoms with E-state index < -0.39 is 11.4 Å². The van der Waals surface area contributed by atoms with Gasteiger partial charge < -0.3 is 14.7 Å². The second-order valence-electron chi connectivity index (χ2n) is 4.31. The molecule has 1 atom stereocenters. The van der Waals surface area contributed by atoms with Gasteiger partial charge in [-0.3, -0.25) is 4.79 Å². The molecule has 0 aliphatic carbocycles. The summed E-state index contributed by atoms with van der Waals surface area (Å²) in [6, 6.07) is 0. The van der Waals surface area contributed by atoms with Gasteiger partial charge in [0.25, 0.3) is 0 Å². The highest BCUT2D eigenvalue weighted by molar-refractivity contribution is 5.75. The van der Waals surface area contributed by atoms with Crippen LogP contribution in [-0.2, 0) is 9.53 Å². The molecule has 1 aliphatic heterocycles. The van der Waals surface area contributed by atoms with Crippen molar-refractivity contribution >= 4 is 5.97 Å². The molecule has 1 unspecified atom stereocenters. The first-order chi connectivity index (χ1) is 7.14. The van der Waals surface area contributed by atoms with Gasteiger partial charge in [-0.25, -0.2) is 0 Å². The first-order valence-electron chi connectivity index (χ1n) is 5.59. The van der Waals surface area contributed by atoms with Gasteiger partial charge in [0.2, 0.25) is 0 Å². The predicted octanol–water partition coefficient (Wildman–Crippen LogP) is 1.21. The number of hydrogen-bond donors (Lipinski definition) is 1. The Hall–Kier alpha value is -0.610. The number of rotatable bonds is 6. The largest absolute Gasteiger partial charge is 0.481 e. The molecule has 1 rings (SSSR count). The van der Waals surface area contributed by atoms with Crippen LogP contribution >= 0.6 is 0 Å². The quantitative estimate of drug-likeness (QED) is 0.677. The Labute approximate surface area is 91.2 Å². The van der Waals surface area contributed by atoms with Gasteiger partial charge in [0.1, 0.15) is 0 Å². The molecule has 1 saturated heterocycles. The molecule has 0 spiro atoms. The van der Waals surface area contributed by atoms with E-state index in [2.05, 4.69) is 4.90 Å². The molecule has 0 amide bonds. The highest BCUT2D eigenvalue weighted by atomic mass is 16.5. The number of nitrogens with zero attached hydrogens (tertiary/aromatic N) is 1. The molecule has 0 saturated carbocycles. The fourth-order valence-electron chi connectivity index (χ4n) is 2.20. The zero-order valence-electron chi connectivity index (χ0n) is 9.66. The van der Waals surface area contributed by atoms with E-state index in [0.29, 0.717) is 6.54 Å². The van der Waals surface area contributed by atoms with E-state index in [0.717, 1.165) is 39.0 Å². The third kappa shape index (κ3) is 2.92. The van der Waals surface area contributed by atoms with Crippen LogP contribution < -0.4 is 0 Å². The first kappa shape index (κ1) is 12.5. The molecule has 15 heavy (non-hydrogen) atoms. The summed E-state index contributed by atoms with van der Waals surface area (Å²) < 4.78 is 4.98. The van der Waals surface area contributed by atoms with Gasteiger partial charge in [-0.2, -0.15) is 0 Å². The Morgan fingerprint density at radius 3 is 2.80 bits per heavy atom. The third-order valence-electron chi connectivity index (χ3n) is 3.39. The van der Waals surface area contributed by atoms with Crippen LogP contribution in [-0.4, -0.2) is 49.3 Å². The zero-order valence-corrected chi connectivity index (χ0v) is 9.66. The minimum Gasteiger partial charge on any atom is -0.481 e. The van der Waals surface area contributed by atoms with Gasteiger partial charge in [-0.05, 0) is 25.8 Å². The number of carboxylic acids is 1. The van der Waals surface area contributed by atoms with Crippen molar-refractivity contribution in [3.63, 3.8) is 0 Å². The summed E-state index contributed by atoms with van der Waals surface area (Å²) in [6.45, 7) is 5.27. The Kier molecular flexibility index (Phi) is 4.54.